The van der Waals surface area contributed by atoms with E-state index in [1.54, 1.807) is 0 Å². The number of hydrogen-bond acceptors (Lipinski definition) is 6. The van der Waals surface area contributed by atoms with Gasteiger partial charge >= 0.3 is 0 Å². The van der Waals surface area contributed by atoms with Crippen molar-refractivity contribution in [3.8, 4) is 0 Å². The molecule has 0 aromatic rings. The molecular weight excluding hydrogens is 334 g/mol. The second kappa shape index (κ2) is 4.13. The number of nitrogens with one attached hydrogen (secondary N) is 1. The van der Waals surface area contributed by atoms with Gasteiger partial charge in [0.05, 0.1) is 18.2 Å². The Hall–Kier alpha value is -0.790. The molecule has 4 aliphatic carbocycles. The molecule has 7 aliphatic rings. The molecule has 4 unspecified atom stereocenters. The zero-order chi connectivity index (χ0) is 18.3. The van der Waals surface area contributed by atoms with Crippen molar-refractivity contribution in [3.63, 3.8) is 0 Å². The van der Waals surface area contributed by atoms with Gasteiger partial charge in [0.15, 0.2) is 5.78 Å². The van der Waals surface area contributed by atoms with Crippen molar-refractivity contribution in [2.24, 2.45) is 34.0 Å². The third-order valence-electron chi connectivity index (χ3n) is 9.13. The molecule has 0 aromatic carbocycles. The van der Waals surface area contributed by atoms with Crippen molar-refractivity contribution in [2.45, 2.75) is 56.6 Å². The van der Waals surface area contributed by atoms with Crippen molar-refractivity contribution in [2.75, 3.05) is 13.2 Å². The number of ketones is 1. The minimum atomic E-state index is -2.02. The van der Waals surface area contributed by atoms with Crippen molar-refractivity contribution in [1.29, 1.82) is 0 Å². The van der Waals surface area contributed by atoms with Crippen molar-refractivity contribution in [1.82, 2.24) is 5.32 Å². The lowest BCUT2D eigenvalue weighted by Crippen LogP contribution is -2.83. The second-order valence-corrected chi connectivity index (χ2v) is 10.3. The van der Waals surface area contributed by atoms with E-state index in [2.05, 4.69) is 31.3 Å². The van der Waals surface area contributed by atoms with Crippen LogP contribution in [-0.2, 0) is 9.53 Å². The smallest absolute Gasteiger partial charge is 0.208 e. The van der Waals surface area contributed by atoms with Gasteiger partial charge in [-0.3, -0.25) is 4.79 Å². The van der Waals surface area contributed by atoms with Gasteiger partial charge in [0.2, 0.25) is 5.79 Å². The summed E-state index contributed by atoms with van der Waals surface area (Å²) in [4.78, 5) is 13.7. The quantitative estimate of drug-likeness (QED) is 0.356. The molecule has 4 bridgehead atoms. The van der Waals surface area contributed by atoms with Crippen LogP contribution in [0, 0.1) is 34.0 Å². The number of rotatable bonds is 0. The molecule has 3 heterocycles. The molecule has 0 aromatic heterocycles. The molecular formula is C20H27NO5. The lowest BCUT2D eigenvalue weighted by molar-refractivity contribution is -0.436. The molecule has 3 saturated heterocycles. The van der Waals surface area contributed by atoms with Crippen molar-refractivity contribution in [3.05, 3.63) is 12.2 Å². The molecule has 4 N–H and O–H groups in total. The maximum Gasteiger partial charge on any atom is 0.208 e. The fourth-order valence-corrected chi connectivity index (χ4v) is 8.18. The highest BCUT2D eigenvalue weighted by Gasteiger charge is 2.89. The molecule has 9 atom stereocenters. The molecule has 3 aliphatic heterocycles. The second-order valence-electron chi connectivity index (χ2n) is 10.3. The first-order chi connectivity index (χ1) is 12.2. The first-order valence-corrected chi connectivity index (χ1v) is 9.89. The summed E-state index contributed by atoms with van der Waals surface area (Å²) in [7, 11) is 0. The Balaban J connectivity index is 1.65. The Labute approximate surface area is 152 Å². The van der Waals surface area contributed by atoms with Gasteiger partial charge in [0.25, 0.3) is 0 Å². The van der Waals surface area contributed by atoms with Gasteiger partial charge in [-0.05, 0) is 30.6 Å². The lowest BCUT2D eigenvalue weighted by Gasteiger charge is -2.72. The molecule has 6 heteroatoms. The van der Waals surface area contributed by atoms with Crippen molar-refractivity contribution >= 4 is 5.78 Å². The van der Waals surface area contributed by atoms with Gasteiger partial charge in [-0.15, -0.1) is 0 Å². The molecule has 3 saturated carbocycles. The van der Waals surface area contributed by atoms with Crippen LogP contribution in [0.15, 0.2) is 12.2 Å². The van der Waals surface area contributed by atoms with E-state index in [1.165, 1.54) is 0 Å². The average molecular weight is 361 g/mol. The summed E-state index contributed by atoms with van der Waals surface area (Å²) < 4.78 is 5.93. The highest BCUT2D eigenvalue weighted by molar-refractivity contribution is 6.02. The average Bonchev–Trinajstić information content (AvgIpc) is 3.36. The topological polar surface area (TPSA) is 109 Å². The zero-order valence-corrected chi connectivity index (χ0v) is 15.2. The van der Waals surface area contributed by atoms with E-state index in [9.17, 15) is 20.1 Å². The Morgan fingerprint density at radius 2 is 1.96 bits per heavy atom. The number of hydrogen-bond donors (Lipinski definition) is 4. The zero-order valence-electron chi connectivity index (χ0n) is 15.2. The fraction of sp³-hybridized carbons (Fsp3) is 0.850. The standard InChI is InChI=1S/C20H27NO5/c1-16(2)6-3-7-17-9-26-20(25,14(23)12(16)17)19-11(17)5-4-10(13(19)22)18(8-21-18)15(19)24/h3,7,10-14,21-23,25H,4-6,8-9H2,1-2H3/t10-,11?,12?,13?,14+,17-,18?,19-,20-/m1/s1. The van der Waals surface area contributed by atoms with E-state index >= 15 is 0 Å². The van der Waals surface area contributed by atoms with E-state index in [0.29, 0.717) is 13.2 Å². The largest absolute Gasteiger partial charge is 0.391 e. The normalized spacial score (nSPS) is 63.7. The lowest BCUT2D eigenvalue weighted by atomic mass is 9.37. The van der Waals surface area contributed by atoms with E-state index in [-0.39, 0.29) is 29.0 Å². The van der Waals surface area contributed by atoms with Crippen LogP contribution in [0.2, 0.25) is 0 Å². The monoisotopic (exact) mass is 361 g/mol. The minimum Gasteiger partial charge on any atom is -0.391 e. The van der Waals surface area contributed by atoms with Crippen LogP contribution in [0.1, 0.15) is 33.1 Å². The number of fused-ring (bicyclic) bond motifs is 3. The summed E-state index contributed by atoms with van der Waals surface area (Å²) in [5.41, 5.74) is -2.91. The minimum absolute atomic E-state index is 0.138. The predicted octanol–water partition coefficient (Wildman–Crippen LogP) is -0.0334. The van der Waals surface area contributed by atoms with Gasteiger partial charge in [-0.2, -0.15) is 0 Å². The molecule has 3 spiro atoms. The summed E-state index contributed by atoms with van der Waals surface area (Å²) in [6.45, 7) is 5.07. The Morgan fingerprint density at radius 1 is 1.23 bits per heavy atom. The van der Waals surface area contributed by atoms with E-state index in [1.807, 2.05) is 0 Å². The first-order valence-electron chi connectivity index (χ1n) is 9.89. The van der Waals surface area contributed by atoms with Crippen LogP contribution in [0.3, 0.4) is 0 Å². The van der Waals surface area contributed by atoms with Crippen LogP contribution in [0.5, 0.6) is 0 Å². The van der Waals surface area contributed by atoms with Crippen molar-refractivity contribution < 1.29 is 24.9 Å². The first kappa shape index (κ1) is 16.2. The highest BCUT2D eigenvalue weighted by Crippen LogP contribution is 2.76. The summed E-state index contributed by atoms with van der Waals surface area (Å²) in [6, 6.07) is 0. The highest BCUT2D eigenvalue weighted by atomic mass is 16.6. The Kier molecular flexibility index (Phi) is 2.57. The van der Waals surface area contributed by atoms with Crippen LogP contribution in [0.4, 0.5) is 0 Å². The number of aliphatic hydroxyl groups is 3. The molecule has 0 amide bonds. The Morgan fingerprint density at radius 3 is 2.65 bits per heavy atom. The summed E-state index contributed by atoms with van der Waals surface area (Å²) in [5, 5.41) is 37.6. The molecule has 26 heavy (non-hydrogen) atoms. The number of carbonyl (C=O) groups is 1. The predicted molar refractivity (Wildman–Crippen MR) is 90.8 cm³/mol. The van der Waals surface area contributed by atoms with Gasteiger partial charge in [0, 0.05) is 23.8 Å². The maximum absolute atomic E-state index is 13.7. The molecule has 142 valence electrons. The fourth-order valence-electron chi connectivity index (χ4n) is 8.18. The van der Waals surface area contributed by atoms with E-state index < -0.39 is 34.4 Å². The van der Waals surface area contributed by atoms with Crippen LogP contribution >= 0.6 is 0 Å². The number of aliphatic hydroxyl groups excluding tert-OH is 2. The third kappa shape index (κ3) is 1.26. The van der Waals surface area contributed by atoms with E-state index in [4.69, 9.17) is 4.74 Å². The third-order valence-corrected chi connectivity index (χ3v) is 9.13. The molecule has 6 fully saturated rings. The molecule has 0 radical (unpaired) electrons. The van der Waals surface area contributed by atoms with Gasteiger partial charge < -0.3 is 25.4 Å². The van der Waals surface area contributed by atoms with Crippen LogP contribution in [0.25, 0.3) is 0 Å². The number of ether oxygens (including phenoxy) is 1. The summed E-state index contributed by atoms with van der Waals surface area (Å²) >= 11 is 0. The van der Waals surface area contributed by atoms with Crippen LogP contribution < -0.4 is 5.32 Å². The summed E-state index contributed by atoms with van der Waals surface area (Å²) in [6.07, 6.45) is 4.44. The maximum atomic E-state index is 13.7. The van der Waals surface area contributed by atoms with Crippen LogP contribution in [-0.4, -0.2) is 57.8 Å². The van der Waals surface area contributed by atoms with E-state index in [0.717, 1.165) is 19.3 Å². The molecule has 7 rings (SSSR count). The number of Topliss-reactive ketones (excluding diaryl/α,β-unsaturated/α-hetero) is 1. The Bertz CT molecular complexity index is 759. The van der Waals surface area contributed by atoms with Gasteiger partial charge in [-0.25, -0.2) is 0 Å². The number of carbonyl (C=O) groups excluding carboxylic acids is 1. The van der Waals surface area contributed by atoms with Gasteiger partial charge in [-0.1, -0.05) is 26.0 Å². The SMILES string of the molecule is CC1(C)CC=C[C@]23CO[C@](O)([C@@H](O)C12)[C@]12C(=O)C4(CN4)[C@H](CCC31)C2O. The van der Waals surface area contributed by atoms with Gasteiger partial charge in [0.1, 0.15) is 11.5 Å². The summed E-state index contributed by atoms with van der Waals surface area (Å²) in [5.74, 6) is -2.77. The number of allylic oxidation sites excluding steroid dienone is 1. The molecule has 6 nitrogen and oxygen atoms in total.